The van der Waals surface area contributed by atoms with Crippen LogP contribution in [0.2, 0.25) is 0 Å². The normalized spacial score (nSPS) is 10.8. The first-order chi connectivity index (χ1) is 12.5. The highest BCUT2D eigenvalue weighted by Crippen LogP contribution is 2.26. The van der Waals surface area contributed by atoms with E-state index in [1.54, 1.807) is 12.3 Å². The molecule has 0 aliphatic carbocycles. The molecule has 0 radical (unpaired) electrons. The van der Waals surface area contributed by atoms with E-state index < -0.39 is 0 Å². The molecule has 140 valence electrons. The van der Waals surface area contributed by atoms with Crippen molar-refractivity contribution in [2.24, 2.45) is 0 Å². The molecule has 0 aliphatic rings. The number of anilines is 2. The van der Waals surface area contributed by atoms with Crippen LogP contribution in [0, 0.1) is 0 Å². The van der Waals surface area contributed by atoms with E-state index in [0.717, 1.165) is 31.5 Å². The number of hydrogen-bond donors (Lipinski definition) is 2. The van der Waals surface area contributed by atoms with Crippen molar-refractivity contribution in [1.29, 1.82) is 0 Å². The van der Waals surface area contributed by atoms with Crippen molar-refractivity contribution < 1.29 is 4.79 Å². The van der Waals surface area contributed by atoms with Crippen LogP contribution in [0.4, 0.5) is 11.5 Å². The Morgan fingerprint density at radius 2 is 1.81 bits per heavy atom. The fraction of sp³-hybridized carbons (Fsp3) is 0.429. The zero-order valence-electron chi connectivity index (χ0n) is 16.3. The van der Waals surface area contributed by atoms with Gasteiger partial charge in [-0.3, -0.25) is 4.79 Å². The maximum absolute atomic E-state index is 12.4. The number of nitrogens with one attached hydrogen (secondary N) is 2. The number of benzene rings is 1. The molecule has 26 heavy (non-hydrogen) atoms. The molecule has 2 aromatic rings. The van der Waals surface area contributed by atoms with Crippen LogP contribution in [0.5, 0.6) is 0 Å². The Labute approximate surface area is 156 Å². The third kappa shape index (κ3) is 5.56. The third-order valence-electron chi connectivity index (χ3n) is 4.34. The molecule has 2 N–H and O–H groups in total. The van der Waals surface area contributed by atoms with Crippen molar-refractivity contribution in [2.45, 2.75) is 33.1 Å². The Morgan fingerprint density at radius 3 is 2.42 bits per heavy atom. The van der Waals surface area contributed by atoms with Crippen LogP contribution < -0.4 is 10.6 Å². The van der Waals surface area contributed by atoms with Crippen LogP contribution in [0.1, 0.15) is 41.8 Å². The summed E-state index contributed by atoms with van der Waals surface area (Å²) in [5, 5.41) is 6.39. The molecule has 0 saturated carbocycles. The lowest BCUT2D eigenvalue weighted by Gasteiger charge is -2.15. The van der Waals surface area contributed by atoms with Crippen LogP contribution in [-0.2, 0) is 12.8 Å². The lowest BCUT2D eigenvalue weighted by molar-refractivity contribution is 0.0952. The smallest absolute Gasteiger partial charge is 0.251 e. The number of carbonyl (C=O) groups is 1. The summed E-state index contributed by atoms with van der Waals surface area (Å²) in [6.07, 6.45) is 4.50. The number of hydrogen-bond acceptors (Lipinski definition) is 4. The Hall–Kier alpha value is -2.40. The minimum atomic E-state index is -0.0614. The van der Waals surface area contributed by atoms with Crippen molar-refractivity contribution in [3.05, 3.63) is 53.2 Å². The van der Waals surface area contributed by atoms with Crippen molar-refractivity contribution >= 4 is 17.4 Å². The van der Waals surface area contributed by atoms with Crippen LogP contribution in [-0.4, -0.2) is 43.0 Å². The fourth-order valence-corrected chi connectivity index (χ4v) is 2.87. The lowest BCUT2D eigenvalue weighted by atomic mass is 10.0. The van der Waals surface area contributed by atoms with E-state index in [9.17, 15) is 4.79 Å². The van der Waals surface area contributed by atoms with Gasteiger partial charge in [0.25, 0.3) is 5.91 Å². The molecule has 0 aliphatic heterocycles. The van der Waals surface area contributed by atoms with E-state index in [0.29, 0.717) is 17.9 Å². The SMILES string of the molecule is CCc1cccc(CC)c1Nc1cc(C(=O)NCCCN(C)C)ccn1. The van der Waals surface area contributed by atoms with Crippen molar-refractivity contribution in [1.82, 2.24) is 15.2 Å². The molecule has 1 aromatic carbocycles. The molecule has 0 spiro atoms. The van der Waals surface area contributed by atoms with Gasteiger partial charge in [-0.05, 0) is 63.2 Å². The van der Waals surface area contributed by atoms with Gasteiger partial charge in [0.15, 0.2) is 0 Å². The highest BCUT2D eigenvalue weighted by atomic mass is 16.1. The monoisotopic (exact) mass is 354 g/mol. The zero-order chi connectivity index (χ0) is 18.9. The quantitative estimate of drug-likeness (QED) is 0.675. The summed E-state index contributed by atoms with van der Waals surface area (Å²) in [6.45, 7) is 5.91. The number of aromatic nitrogens is 1. The first kappa shape index (κ1) is 19.9. The minimum Gasteiger partial charge on any atom is -0.352 e. The van der Waals surface area contributed by atoms with Gasteiger partial charge in [-0.1, -0.05) is 32.0 Å². The lowest BCUT2D eigenvalue weighted by Crippen LogP contribution is -2.27. The largest absolute Gasteiger partial charge is 0.352 e. The molecule has 0 saturated heterocycles. The Bertz CT molecular complexity index is 705. The topological polar surface area (TPSA) is 57.3 Å². The molecule has 1 aromatic heterocycles. The molecule has 0 atom stereocenters. The Kier molecular flexibility index (Phi) is 7.60. The molecule has 2 rings (SSSR count). The summed E-state index contributed by atoms with van der Waals surface area (Å²) in [6, 6.07) is 9.91. The number of para-hydroxylation sites is 1. The maximum atomic E-state index is 12.4. The van der Waals surface area contributed by atoms with E-state index in [1.165, 1.54) is 11.1 Å². The molecule has 1 heterocycles. The van der Waals surface area contributed by atoms with Gasteiger partial charge in [0.2, 0.25) is 0 Å². The van der Waals surface area contributed by atoms with E-state index in [2.05, 4.69) is 52.6 Å². The average Bonchev–Trinajstić information content (AvgIpc) is 2.65. The summed E-state index contributed by atoms with van der Waals surface area (Å²) in [5.74, 6) is 0.634. The van der Waals surface area contributed by atoms with Gasteiger partial charge in [-0.25, -0.2) is 4.98 Å². The first-order valence-electron chi connectivity index (χ1n) is 9.31. The fourth-order valence-electron chi connectivity index (χ4n) is 2.87. The highest BCUT2D eigenvalue weighted by Gasteiger charge is 2.10. The maximum Gasteiger partial charge on any atom is 0.251 e. The Morgan fingerprint density at radius 1 is 1.12 bits per heavy atom. The van der Waals surface area contributed by atoms with Crippen LogP contribution >= 0.6 is 0 Å². The van der Waals surface area contributed by atoms with Gasteiger partial charge < -0.3 is 15.5 Å². The number of aryl methyl sites for hydroxylation is 2. The van der Waals surface area contributed by atoms with Crippen molar-refractivity contribution in [3.63, 3.8) is 0 Å². The highest BCUT2D eigenvalue weighted by molar-refractivity contribution is 5.94. The van der Waals surface area contributed by atoms with Gasteiger partial charge in [-0.2, -0.15) is 0 Å². The Balaban J connectivity index is 2.09. The second-order valence-electron chi connectivity index (χ2n) is 6.63. The molecule has 5 nitrogen and oxygen atoms in total. The summed E-state index contributed by atoms with van der Waals surface area (Å²) in [5.41, 5.74) is 4.24. The van der Waals surface area contributed by atoms with Gasteiger partial charge in [0.05, 0.1) is 0 Å². The van der Waals surface area contributed by atoms with E-state index in [1.807, 2.05) is 20.2 Å². The van der Waals surface area contributed by atoms with Crippen LogP contribution in [0.25, 0.3) is 0 Å². The van der Waals surface area contributed by atoms with E-state index >= 15 is 0 Å². The van der Waals surface area contributed by atoms with Gasteiger partial charge in [-0.15, -0.1) is 0 Å². The van der Waals surface area contributed by atoms with E-state index in [4.69, 9.17) is 0 Å². The summed E-state index contributed by atoms with van der Waals surface area (Å²) in [4.78, 5) is 18.9. The second-order valence-corrected chi connectivity index (χ2v) is 6.63. The van der Waals surface area contributed by atoms with E-state index in [-0.39, 0.29) is 5.91 Å². The van der Waals surface area contributed by atoms with Crippen molar-refractivity contribution in [2.75, 3.05) is 32.5 Å². The van der Waals surface area contributed by atoms with Crippen molar-refractivity contribution in [3.8, 4) is 0 Å². The molecular formula is C21H30N4O. The van der Waals surface area contributed by atoms with Gasteiger partial charge in [0.1, 0.15) is 5.82 Å². The summed E-state index contributed by atoms with van der Waals surface area (Å²) in [7, 11) is 4.06. The summed E-state index contributed by atoms with van der Waals surface area (Å²) < 4.78 is 0. The molecule has 0 fully saturated rings. The molecule has 5 heteroatoms. The van der Waals surface area contributed by atoms with Gasteiger partial charge >= 0.3 is 0 Å². The number of nitrogens with zero attached hydrogens (tertiary/aromatic N) is 2. The molecule has 0 bridgehead atoms. The van der Waals surface area contributed by atoms with Crippen LogP contribution in [0.15, 0.2) is 36.5 Å². The zero-order valence-corrected chi connectivity index (χ0v) is 16.3. The average molecular weight is 354 g/mol. The standard InChI is InChI=1S/C21H30N4O/c1-5-16-9-7-10-17(6-2)20(16)24-19-15-18(11-13-22-19)21(26)23-12-8-14-25(3)4/h7,9-11,13,15H,5-6,8,12,14H2,1-4H3,(H,22,24)(H,23,26). The first-order valence-corrected chi connectivity index (χ1v) is 9.31. The number of amides is 1. The number of rotatable bonds is 9. The predicted molar refractivity (Wildman–Crippen MR) is 108 cm³/mol. The minimum absolute atomic E-state index is 0.0614. The second kappa shape index (κ2) is 9.92. The molecule has 0 unspecified atom stereocenters. The predicted octanol–water partition coefficient (Wildman–Crippen LogP) is 3.63. The van der Waals surface area contributed by atoms with Gasteiger partial charge in [0, 0.05) is 24.0 Å². The number of carbonyl (C=O) groups excluding carboxylic acids is 1. The molecular weight excluding hydrogens is 324 g/mol. The molecule has 1 amide bonds. The summed E-state index contributed by atoms with van der Waals surface area (Å²) >= 11 is 0. The van der Waals surface area contributed by atoms with Crippen LogP contribution in [0.3, 0.4) is 0 Å². The third-order valence-corrected chi connectivity index (χ3v) is 4.34. The number of pyridine rings is 1.